The molecule has 1 saturated heterocycles. The van der Waals surface area contributed by atoms with E-state index in [0.29, 0.717) is 35.0 Å². The van der Waals surface area contributed by atoms with Gasteiger partial charge in [-0.1, -0.05) is 55.1 Å². The van der Waals surface area contributed by atoms with Crippen LogP contribution < -0.4 is 19.3 Å². The number of thiocarbonyl (C=S) groups is 1. The monoisotopic (exact) mass is 470 g/mol. The molecule has 3 aromatic rings. The molecule has 0 atom stereocenters. The minimum Gasteiger partial charge on any atom is -0.493 e. The quantitative estimate of drug-likeness (QED) is 0.210. The van der Waals surface area contributed by atoms with Crippen molar-refractivity contribution in [1.29, 1.82) is 0 Å². The molecule has 170 valence electrons. The molecule has 0 aromatic heterocycles. The fraction of sp³-hybridized carbons (Fsp3) is 0.0741. The van der Waals surface area contributed by atoms with E-state index in [-0.39, 0.29) is 10.7 Å². The summed E-state index contributed by atoms with van der Waals surface area (Å²) >= 11 is 5.62. The number of nitrogens with zero attached hydrogens (tertiary/aromatic N) is 2. The lowest BCUT2D eigenvalue weighted by molar-refractivity contribution is -0.120. The maximum atomic E-state index is 13.5. The van der Waals surface area contributed by atoms with Crippen LogP contribution in [0.3, 0.4) is 0 Å². The molecule has 1 fully saturated rings. The van der Waals surface area contributed by atoms with Crippen molar-refractivity contribution in [1.82, 2.24) is 0 Å². The first-order valence-corrected chi connectivity index (χ1v) is 10.9. The van der Waals surface area contributed by atoms with E-state index in [9.17, 15) is 9.59 Å². The Balaban J connectivity index is 1.81. The summed E-state index contributed by atoms with van der Waals surface area (Å²) in [5.74, 6) is 0.00442. The molecule has 1 heterocycles. The first-order chi connectivity index (χ1) is 16.5. The van der Waals surface area contributed by atoms with Crippen LogP contribution in [-0.2, 0) is 9.59 Å². The number of carbonyl (C=O) groups is 2. The van der Waals surface area contributed by atoms with E-state index < -0.39 is 11.8 Å². The van der Waals surface area contributed by atoms with Gasteiger partial charge in [0.1, 0.15) is 12.2 Å². The number of para-hydroxylation sites is 2. The number of anilines is 2. The van der Waals surface area contributed by atoms with E-state index >= 15 is 0 Å². The van der Waals surface area contributed by atoms with Gasteiger partial charge >= 0.3 is 0 Å². The van der Waals surface area contributed by atoms with Gasteiger partial charge in [-0.25, -0.2) is 0 Å². The highest BCUT2D eigenvalue weighted by Crippen LogP contribution is 2.32. The number of benzene rings is 3. The van der Waals surface area contributed by atoms with Crippen molar-refractivity contribution in [2.45, 2.75) is 0 Å². The third-order valence-electron chi connectivity index (χ3n) is 5.13. The second kappa shape index (κ2) is 10.1. The number of amides is 2. The van der Waals surface area contributed by atoms with Crippen molar-refractivity contribution in [3.8, 4) is 11.5 Å². The molecule has 0 aliphatic carbocycles. The van der Waals surface area contributed by atoms with Gasteiger partial charge in [0, 0.05) is 0 Å². The van der Waals surface area contributed by atoms with E-state index in [1.165, 1.54) is 23.0 Å². The Labute approximate surface area is 203 Å². The van der Waals surface area contributed by atoms with Crippen molar-refractivity contribution < 1.29 is 19.1 Å². The van der Waals surface area contributed by atoms with Gasteiger partial charge in [-0.15, -0.1) is 0 Å². The number of carbonyl (C=O) groups excluding carboxylic acids is 2. The highest BCUT2D eigenvalue weighted by Gasteiger charge is 2.41. The number of ether oxygens (including phenoxy) is 2. The van der Waals surface area contributed by atoms with Gasteiger partial charge in [0.25, 0.3) is 11.8 Å². The molecule has 0 radical (unpaired) electrons. The Morgan fingerprint density at radius 1 is 0.853 bits per heavy atom. The van der Waals surface area contributed by atoms with Crippen LogP contribution in [0, 0.1) is 0 Å². The predicted molar refractivity (Wildman–Crippen MR) is 137 cm³/mol. The lowest BCUT2D eigenvalue weighted by Gasteiger charge is -2.36. The number of hydrogen-bond donors (Lipinski definition) is 0. The third-order valence-corrected chi connectivity index (χ3v) is 5.50. The minimum absolute atomic E-state index is 0.0249. The molecule has 1 aliphatic rings. The normalized spacial score (nSPS) is 13.7. The maximum absolute atomic E-state index is 13.5. The van der Waals surface area contributed by atoms with Crippen molar-refractivity contribution in [3.63, 3.8) is 0 Å². The Hall–Kier alpha value is -4.23. The first-order valence-electron chi connectivity index (χ1n) is 10.5. The zero-order valence-electron chi connectivity index (χ0n) is 18.5. The molecule has 0 unspecified atom stereocenters. The summed E-state index contributed by atoms with van der Waals surface area (Å²) in [5, 5.41) is 0.0929. The molecule has 0 bridgehead atoms. The molecule has 6 nitrogen and oxygen atoms in total. The second-order valence-corrected chi connectivity index (χ2v) is 7.67. The van der Waals surface area contributed by atoms with E-state index in [4.69, 9.17) is 21.7 Å². The van der Waals surface area contributed by atoms with Gasteiger partial charge in [0.05, 0.1) is 18.5 Å². The van der Waals surface area contributed by atoms with Crippen LogP contribution in [0.1, 0.15) is 5.56 Å². The summed E-state index contributed by atoms with van der Waals surface area (Å²) in [6, 6.07) is 23.2. The summed E-state index contributed by atoms with van der Waals surface area (Å²) in [6.45, 7) is 3.97. The van der Waals surface area contributed by atoms with Crippen LogP contribution >= 0.6 is 12.2 Å². The lowest BCUT2D eigenvalue weighted by Crippen LogP contribution is -2.56. The molecular weight excluding hydrogens is 448 g/mol. The van der Waals surface area contributed by atoms with Gasteiger partial charge in [0.2, 0.25) is 0 Å². The minimum atomic E-state index is -0.501. The van der Waals surface area contributed by atoms with Crippen molar-refractivity contribution >= 4 is 46.6 Å². The van der Waals surface area contributed by atoms with Crippen LogP contribution in [0.25, 0.3) is 6.08 Å². The summed E-state index contributed by atoms with van der Waals surface area (Å²) < 4.78 is 11.0. The molecule has 2 amide bonds. The van der Waals surface area contributed by atoms with Crippen LogP contribution in [0.15, 0.2) is 97.1 Å². The van der Waals surface area contributed by atoms with Crippen LogP contribution in [0.2, 0.25) is 0 Å². The van der Waals surface area contributed by atoms with E-state index in [1.807, 2.05) is 36.4 Å². The molecule has 34 heavy (non-hydrogen) atoms. The smallest absolute Gasteiger partial charge is 0.270 e. The van der Waals surface area contributed by atoms with Crippen LogP contribution in [-0.4, -0.2) is 30.6 Å². The third kappa shape index (κ3) is 4.46. The molecule has 4 rings (SSSR count). The Morgan fingerprint density at radius 3 is 1.91 bits per heavy atom. The van der Waals surface area contributed by atoms with Gasteiger partial charge < -0.3 is 9.47 Å². The van der Waals surface area contributed by atoms with Gasteiger partial charge in [-0.05, 0) is 60.3 Å². The summed E-state index contributed by atoms with van der Waals surface area (Å²) in [4.78, 5) is 29.8. The van der Waals surface area contributed by atoms with Gasteiger partial charge in [0.15, 0.2) is 16.6 Å². The second-order valence-electron chi connectivity index (χ2n) is 7.30. The largest absolute Gasteiger partial charge is 0.493 e. The molecule has 0 N–H and O–H groups in total. The highest BCUT2D eigenvalue weighted by atomic mass is 32.1. The fourth-order valence-electron chi connectivity index (χ4n) is 3.55. The predicted octanol–water partition coefficient (Wildman–Crippen LogP) is 5.01. The molecule has 3 aromatic carbocycles. The maximum Gasteiger partial charge on any atom is 0.270 e. The van der Waals surface area contributed by atoms with Crippen molar-refractivity contribution in [2.75, 3.05) is 23.5 Å². The lowest BCUT2D eigenvalue weighted by atomic mass is 10.0. The molecule has 0 spiro atoms. The standard InChI is InChI=1S/C27H22N2O4S/c1-3-16-33-23-15-14-19(18-24(23)32-2)17-22-25(30)28(20-10-6-4-7-11-20)27(34)29(26(22)31)21-12-8-5-9-13-21/h3-15,17-18H,1,16H2,2H3. The molecular formula is C27H22N2O4S. The SMILES string of the molecule is C=CCOc1ccc(C=C2C(=O)N(c3ccccc3)C(=S)N(c3ccccc3)C2=O)cc1OC. The topological polar surface area (TPSA) is 59.1 Å². The van der Waals surface area contributed by atoms with E-state index in [2.05, 4.69) is 6.58 Å². The molecule has 1 aliphatic heterocycles. The zero-order valence-corrected chi connectivity index (χ0v) is 19.3. The summed E-state index contributed by atoms with van der Waals surface area (Å²) in [5.41, 5.74) is 1.72. The Kier molecular flexibility index (Phi) is 6.85. The Morgan fingerprint density at radius 2 is 1.41 bits per heavy atom. The van der Waals surface area contributed by atoms with Crippen LogP contribution in [0.5, 0.6) is 11.5 Å². The van der Waals surface area contributed by atoms with Crippen LogP contribution in [0.4, 0.5) is 11.4 Å². The molecule has 0 saturated carbocycles. The van der Waals surface area contributed by atoms with Gasteiger partial charge in [-0.3, -0.25) is 19.4 Å². The van der Waals surface area contributed by atoms with Crippen molar-refractivity contribution in [3.05, 3.63) is 103 Å². The van der Waals surface area contributed by atoms with Crippen molar-refractivity contribution in [2.24, 2.45) is 0 Å². The average Bonchev–Trinajstić information content (AvgIpc) is 2.87. The number of hydrogen-bond acceptors (Lipinski definition) is 5. The van der Waals surface area contributed by atoms with E-state index in [0.717, 1.165) is 0 Å². The highest BCUT2D eigenvalue weighted by molar-refractivity contribution is 7.81. The molecule has 7 heteroatoms. The summed E-state index contributed by atoms with van der Waals surface area (Å²) in [6.07, 6.45) is 3.17. The number of rotatable bonds is 7. The number of methoxy groups -OCH3 is 1. The average molecular weight is 471 g/mol. The van der Waals surface area contributed by atoms with E-state index in [1.54, 1.807) is 48.5 Å². The van der Waals surface area contributed by atoms with Gasteiger partial charge in [-0.2, -0.15) is 0 Å². The first kappa shape index (κ1) is 22.9. The zero-order chi connectivity index (χ0) is 24.1. The Bertz CT molecular complexity index is 1210. The fourth-order valence-corrected chi connectivity index (χ4v) is 3.92. The summed E-state index contributed by atoms with van der Waals surface area (Å²) in [7, 11) is 1.52.